The number of hydrogen-bond donors (Lipinski definition) is 0. The molecule has 25 heavy (non-hydrogen) atoms. The normalized spacial score (nSPS) is 13.6. The fourth-order valence-corrected chi connectivity index (χ4v) is 6.07. The van der Waals surface area contributed by atoms with E-state index in [0.29, 0.717) is 6.16 Å². The SMILES string of the molecule is C=CCP(=O)(c1ccccc1)c1cccc2cc3ccccc3cc12. The Morgan fingerprint density at radius 3 is 2.12 bits per heavy atom. The summed E-state index contributed by atoms with van der Waals surface area (Å²) in [7, 11) is -2.77. The van der Waals surface area contributed by atoms with Crippen molar-refractivity contribution in [1.29, 1.82) is 0 Å². The van der Waals surface area contributed by atoms with Crippen LogP contribution in [0.3, 0.4) is 0 Å². The van der Waals surface area contributed by atoms with Gasteiger partial charge in [0.25, 0.3) is 0 Å². The first-order chi connectivity index (χ1) is 12.2. The summed E-state index contributed by atoms with van der Waals surface area (Å²) in [6.45, 7) is 3.85. The number of fused-ring (bicyclic) bond motifs is 2. The highest BCUT2D eigenvalue weighted by atomic mass is 31.2. The summed E-state index contributed by atoms with van der Waals surface area (Å²) in [5, 5.41) is 6.36. The molecule has 122 valence electrons. The van der Waals surface area contributed by atoms with Gasteiger partial charge < -0.3 is 4.57 Å². The van der Waals surface area contributed by atoms with Crippen LogP contribution in [-0.4, -0.2) is 6.16 Å². The first kappa shape index (κ1) is 15.9. The molecule has 2 heteroatoms. The van der Waals surface area contributed by atoms with Crippen molar-refractivity contribution >= 4 is 39.3 Å². The van der Waals surface area contributed by atoms with E-state index in [2.05, 4.69) is 36.9 Å². The second-order valence-electron chi connectivity index (χ2n) is 6.24. The van der Waals surface area contributed by atoms with Gasteiger partial charge in [0.2, 0.25) is 0 Å². The first-order valence-corrected chi connectivity index (χ1v) is 10.3. The fraction of sp³-hybridized carbons (Fsp3) is 0.0435. The second-order valence-corrected chi connectivity index (χ2v) is 9.09. The highest BCUT2D eigenvalue weighted by Gasteiger charge is 2.27. The molecule has 4 aromatic rings. The molecule has 0 saturated carbocycles. The average molecular weight is 342 g/mol. The van der Waals surface area contributed by atoms with Crippen molar-refractivity contribution in [2.45, 2.75) is 0 Å². The standard InChI is InChI=1S/C23H19OP/c1-2-15-25(24,21-12-4-3-5-13-21)23-14-8-11-20-16-18-9-6-7-10-19(18)17-22(20)23/h2-14,16-17H,1,15H2. The largest absolute Gasteiger partial charge is 0.313 e. The Morgan fingerprint density at radius 1 is 0.760 bits per heavy atom. The lowest BCUT2D eigenvalue weighted by molar-refractivity contribution is 0.589. The minimum atomic E-state index is -2.77. The molecule has 4 rings (SSSR count). The van der Waals surface area contributed by atoms with E-state index in [-0.39, 0.29) is 0 Å². The molecule has 0 heterocycles. The predicted octanol–water partition coefficient (Wildman–Crippen LogP) is 5.49. The highest BCUT2D eigenvalue weighted by Crippen LogP contribution is 2.45. The van der Waals surface area contributed by atoms with E-state index in [0.717, 1.165) is 21.4 Å². The summed E-state index contributed by atoms with van der Waals surface area (Å²) in [4.78, 5) is 0. The Kier molecular flexibility index (Phi) is 4.03. The summed E-state index contributed by atoms with van der Waals surface area (Å²) < 4.78 is 14.1. The maximum absolute atomic E-state index is 14.1. The summed E-state index contributed by atoms with van der Waals surface area (Å²) >= 11 is 0. The van der Waals surface area contributed by atoms with Gasteiger partial charge in [0.15, 0.2) is 0 Å². The van der Waals surface area contributed by atoms with Gasteiger partial charge >= 0.3 is 0 Å². The quantitative estimate of drug-likeness (QED) is 0.272. The molecular formula is C23H19OP. The third kappa shape index (κ3) is 2.71. The van der Waals surface area contributed by atoms with Gasteiger partial charge in [0.05, 0.1) is 0 Å². The molecule has 0 spiro atoms. The van der Waals surface area contributed by atoms with Gasteiger partial charge in [-0.3, -0.25) is 0 Å². The van der Waals surface area contributed by atoms with Crippen molar-refractivity contribution in [3.05, 3.63) is 97.6 Å². The zero-order valence-electron chi connectivity index (χ0n) is 13.9. The zero-order chi connectivity index (χ0) is 17.3. The van der Waals surface area contributed by atoms with Gasteiger partial charge in [-0.15, -0.1) is 6.58 Å². The Morgan fingerprint density at radius 2 is 1.40 bits per heavy atom. The van der Waals surface area contributed by atoms with Crippen LogP contribution in [0.1, 0.15) is 0 Å². The molecule has 1 atom stereocenters. The van der Waals surface area contributed by atoms with Crippen molar-refractivity contribution in [3.63, 3.8) is 0 Å². The maximum atomic E-state index is 14.1. The third-order valence-corrected chi connectivity index (χ3v) is 7.75. The van der Waals surface area contributed by atoms with Crippen LogP contribution < -0.4 is 10.6 Å². The van der Waals surface area contributed by atoms with E-state index < -0.39 is 7.14 Å². The van der Waals surface area contributed by atoms with E-state index in [1.807, 2.05) is 54.6 Å². The fourth-order valence-electron chi connectivity index (χ4n) is 3.46. The maximum Gasteiger partial charge on any atom is 0.147 e. The van der Waals surface area contributed by atoms with Crippen LogP contribution in [0.5, 0.6) is 0 Å². The van der Waals surface area contributed by atoms with Crippen molar-refractivity contribution in [1.82, 2.24) is 0 Å². The third-order valence-electron chi connectivity index (χ3n) is 4.67. The summed E-state index contributed by atoms with van der Waals surface area (Å²) in [5.74, 6) is 0. The van der Waals surface area contributed by atoms with Gasteiger partial charge in [0, 0.05) is 16.8 Å². The molecule has 0 aliphatic heterocycles. The van der Waals surface area contributed by atoms with Crippen LogP contribution in [-0.2, 0) is 4.57 Å². The Hall–Kier alpha value is -2.63. The Balaban J connectivity index is 2.05. The summed E-state index contributed by atoms with van der Waals surface area (Å²) in [5.41, 5.74) is 0. The lowest BCUT2D eigenvalue weighted by atomic mass is 10.0. The van der Waals surface area contributed by atoms with Crippen LogP contribution in [0.2, 0.25) is 0 Å². The number of rotatable bonds is 4. The van der Waals surface area contributed by atoms with Crippen LogP contribution >= 0.6 is 7.14 Å². The minimum absolute atomic E-state index is 0.461. The van der Waals surface area contributed by atoms with E-state index in [9.17, 15) is 4.57 Å². The van der Waals surface area contributed by atoms with Crippen LogP contribution in [0.4, 0.5) is 0 Å². The van der Waals surface area contributed by atoms with Crippen molar-refractivity contribution < 1.29 is 4.57 Å². The van der Waals surface area contributed by atoms with Crippen molar-refractivity contribution in [2.24, 2.45) is 0 Å². The second kappa shape index (κ2) is 6.35. The number of hydrogen-bond acceptors (Lipinski definition) is 1. The van der Waals surface area contributed by atoms with Gasteiger partial charge in [-0.1, -0.05) is 78.9 Å². The highest BCUT2D eigenvalue weighted by molar-refractivity contribution is 7.79. The van der Waals surface area contributed by atoms with Crippen LogP contribution in [0.15, 0.2) is 97.6 Å². The topological polar surface area (TPSA) is 17.1 Å². The summed E-state index contributed by atoms with van der Waals surface area (Å²) in [6, 6.07) is 28.5. The average Bonchev–Trinajstić information content (AvgIpc) is 2.66. The molecule has 0 aromatic heterocycles. The van der Waals surface area contributed by atoms with Gasteiger partial charge in [0.1, 0.15) is 7.14 Å². The molecule has 4 aromatic carbocycles. The van der Waals surface area contributed by atoms with Crippen molar-refractivity contribution in [3.8, 4) is 0 Å². The van der Waals surface area contributed by atoms with E-state index in [1.54, 1.807) is 6.08 Å². The summed E-state index contributed by atoms with van der Waals surface area (Å²) in [6.07, 6.45) is 2.23. The zero-order valence-corrected chi connectivity index (χ0v) is 14.8. The van der Waals surface area contributed by atoms with Crippen molar-refractivity contribution in [2.75, 3.05) is 6.16 Å². The minimum Gasteiger partial charge on any atom is -0.313 e. The van der Waals surface area contributed by atoms with Crippen LogP contribution in [0.25, 0.3) is 21.5 Å². The molecular weight excluding hydrogens is 323 g/mol. The molecule has 0 saturated heterocycles. The number of allylic oxidation sites excluding steroid dienone is 1. The molecule has 1 unspecified atom stereocenters. The Labute approximate surface area is 148 Å². The van der Waals surface area contributed by atoms with E-state index in [4.69, 9.17) is 0 Å². The van der Waals surface area contributed by atoms with Gasteiger partial charge in [-0.25, -0.2) is 0 Å². The molecule has 1 nitrogen and oxygen atoms in total. The number of benzene rings is 4. The molecule has 0 fully saturated rings. The Bertz CT molecular complexity index is 1110. The monoisotopic (exact) mass is 342 g/mol. The molecule has 0 amide bonds. The molecule has 0 radical (unpaired) electrons. The van der Waals surface area contributed by atoms with E-state index in [1.165, 1.54) is 10.8 Å². The molecule has 0 bridgehead atoms. The molecule has 0 aliphatic rings. The lowest BCUT2D eigenvalue weighted by Gasteiger charge is -2.20. The first-order valence-electron chi connectivity index (χ1n) is 8.40. The molecule has 0 N–H and O–H groups in total. The van der Waals surface area contributed by atoms with Gasteiger partial charge in [-0.05, 0) is 33.7 Å². The van der Waals surface area contributed by atoms with Crippen LogP contribution in [0, 0.1) is 0 Å². The van der Waals surface area contributed by atoms with E-state index >= 15 is 0 Å². The molecule has 0 aliphatic carbocycles. The predicted molar refractivity (Wildman–Crippen MR) is 110 cm³/mol. The van der Waals surface area contributed by atoms with Gasteiger partial charge in [-0.2, -0.15) is 0 Å². The smallest absolute Gasteiger partial charge is 0.147 e. The lowest BCUT2D eigenvalue weighted by Crippen LogP contribution is -2.18.